The predicted octanol–water partition coefficient (Wildman–Crippen LogP) is 3.78. The van der Waals surface area contributed by atoms with E-state index in [1.54, 1.807) is 26.1 Å². The van der Waals surface area contributed by atoms with Crippen LogP contribution in [0.3, 0.4) is 0 Å². The number of nitrogen functional groups attached to an aromatic ring is 1. The van der Waals surface area contributed by atoms with Crippen molar-refractivity contribution in [2.24, 2.45) is 5.92 Å². The maximum absolute atomic E-state index is 13.7. The highest BCUT2D eigenvalue weighted by molar-refractivity contribution is 5.88. The normalized spacial score (nSPS) is 20.4. The molecule has 2 aliphatic rings. The van der Waals surface area contributed by atoms with Crippen LogP contribution in [0.25, 0.3) is 0 Å². The van der Waals surface area contributed by atoms with Crippen LogP contribution in [0.2, 0.25) is 0 Å². The molecule has 37 heavy (non-hydrogen) atoms. The molecule has 2 aromatic rings. The van der Waals surface area contributed by atoms with E-state index in [-0.39, 0.29) is 11.9 Å². The van der Waals surface area contributed by atoms with Gasteiger partial charge in [-0.1, -0.05) is 12.1 Å². The molecular weight excluding hydrogens is 472 g/mol. The minimum atomic E-state index is -1.03. The van der Waals surface area contributed by atoms with Crippen molar-refractivity contribution in [2.75, 3.05) is 30.7 Å². The van der Waals surface area contributed by atoms with Crippen molar-refractivity contribution in [2.45, 2.75) is 70.8 Å². The molecule has 2 fully saturated rings. The van der Waals surface area contributed by atoms with Crippen molar-refractivity contribution in [3.63, 3.8) is 0 Å². The molecule has 2 aliphatic heterocycles. The number of anilines is 2. The molecule has 3 N–H and O–H groups in total. The molecule has 1 amide bonds. The SMILES string of the molecule is CCOc1ccc(CCC[C@@H](C(=O)N2CCC(Nc3ncccc3N)CC2)[C@@H]2OC(C)(C)OC2=O)cc1. The van der Waals surface area contributed by atoms with Crippen LogP contribution in [0, 0.1) is 5.92 Å². The van der Waals surface area contributed by atoms with Crippen LogP contribution in [0.1, 0.15) is 52.0 Å². The lowest BCUT2D eigenvalue weighted by molar-refractivity contribution is -0.163. The molecule has 9 heteroatoms. The summed E-state index contributed by atoms with van der Waals surface area (Å²) >= 11 is 0. The van der Waals surface area contributed by atoms with E-state index in [9.17, 15) is 9.59 Å². The highest BCUT2D eigenvalue weighted by Crippen LogP contribution is 2.32. The fourth-order valence-corrected chi connectivity index (χ4v) is 4.98. The first kappa shape index (κ1) is 26.7. The monoisotopic (exact) mass is 510 g/mol. The lowest BCUT2D eigenvalue weighted by Crippen LogP contribution is -2.48. The molecule has 0 saturated carbocycles. The molecule has 200 valence electrons. The van der Waals surface area contributed by atoms with Gasteiger partial charge in [0, 0.05) is 39.2 Å². The minimum Gasteiger partial charge on any atom is -0.494 e. The van der Waals surface area contributed by atoms with E-state index in [4.69, 9.17) is 19.9 Å². The van der Waals surface area contributed by atoms with Crippen LogP contribution in [-0.2, 0) is 25.5 Å². The van der Waals surface area contributed by atoms with Crippen molar-refractivity contribution in [1.82, 2.24) is 9.88 Å². The third kappa shape index (κ3) is 6.91. The fourth-order valence-electron chi connectivity index (χ4n) is 4.98. The van der Waals surface area contributed by atoms with Gasteiger partial charge in [-0.15, -0.1) is 0 Å². The van der Waals surface area contributed by atoms with Gasteiger partial charge in [0.15, 0.2) is 6.10 Å². The Bertz CT molecular complexity index is 1070. The second kappa shape index (κ2) is 11.8. The summed E-state index contributed by atoms with van der Waals surface area (Å²) in [5, 5.41) is 3.39. The quantitative estimate of drug-likeness (QED) is 0.464. The Morgan fingerprint density at radius 2 is 1.97 bits per heavy atom. The van der Waals surface area contributed by atoms with Gasteiger partial charge in [-0.25, -0.2) is 9.78 Å². The summed E-state index contributed by atoms with van der Waals surface area (Å²) in [5.41, 5.74) is 7.78. The molecule has 9 nitrogen and oxygen atoms in total. The van der Waals surface area contributed by atoms with Crippen molar-refractivity contribution < 1.29 is 23.8 Å². The van der Waals surface area contributed by atoms with Crippen LogP contribution in [0.5, 0.6) is 5.75 Å². The number of cyclic esters (lactones) is 1. The number of likely N-dealkylation sites (tertiary alicyclic amines) is 1. The van der Waals surface area contributed by atoms with Gasteiger partial charge in [0.25, 0.3) is 0 Å². The largest absolute Gasteiger partial charge is 0.494 e. The maximum atomic E-state index is 13.7. The van der Waals surface area contributed by atoms with E-state index in [0.717, 1.165) is 37.0 Å². The summed E-state index contributed by atoms with van der Waals surface area (Å²) in [6, 6.07) is 11.8. The van der Waals surface area contributed by atoms with Crippen molar-refractivity contribution in [3.8, 4) is 5.75 Å². The average molecular weight is 511 g/mol. The van der Waals surface area contributed by atoms with Gasteiger partial charge in [-0.05, 0) is 68.9 Å². The number of pyridine rings is 1. The molecule has 0 unspecified atom stereocenters. The first-order chi connectivity index (χ1) is 17.8. The van der Waals surface area contributed by atoms with Crippen LogP contribution >= 0.6 is 0 Å². The van der Waals surface area contributed by atoms with E-state index in [0.29, 0.717) is 37.6 Å². The number of nitrogens with one attached hydrogen (secondary N) is 1. The number of esters is 1. The smallest absolute Gasteiger partial charge is 0.338 e. The number of nitrogens with two attached hydrogens (primary N) is 1. The number of benzene rings is 1. The zero-order valence-electron chi connectivity index (χ0n) is 21.9. The average Bonchev–Trinajstić information content (AvgIpc) is 3.16. The Kier molecular flexibility index (Phi) is 8.53. The summed E-state index contributed by atoms with van der Waals surface area (Å²) in [4.78, 5) is 32.5. The van der Waals surface area contributed by atoms with E-state index in [1.807, 2.05) is 42.2 Å². The van der Waals surface area contributed by atoms with E-state index in [1.165, 1.54) is 0 Å². The zero-order chi connectivity index (χ0) is 26.4. The number of hydrogen-bond acceptors (Lipinski definition) is 8. The van der Waals surface area contributed by atoms with Crippen LogP contribution < -0.4 is 15.8 Å². The Hall–Kier alpha value is -3.33. The molecule has 1 aromatic heterocycles. The van der Waals surface area contributed by atoms with Gasteiger partial charge < -0.3 is 30.2 Å². The molecular formula is C28H38N4O5. The fraction of sp³-hybridized carbons (Fsp3) is 0.536. The number of aryl methyl sites for hydroxylation is 1. The third-order valence-electron chi connectivity index (χ3n) is 6.87. The van der Waals surface area contributed by atoms with Crippen LogP contribution in [0.4, 0.5) is 11.5 Å². The number of aromatic nitrogens is 1. The molecule has 2 atom stereocenters. The second-order valence-electron chi connectivity index (χ2n) is 10.1. The third-order valence-corrected chi connectivity index (χ3v) is 6.87. The Morgan fingerprint density at radius 1 is 1.24 bits per heavy atom. The maximum Gasteiger partial charge on any atom is 0.338 e. The number of carbonyl (C=O) groups excluding carboxylic acids is 2. The van der Waals surface area contributed by atoms with E-state index < -0.39 is 23.8 Å². The standard InChI is InChI=1S/C28H38N4O5/c1-4-35-21-12-10-19(11-13-21)7-5-8-22(24-27(34)37-28(2,3)36-24)26(33)32-17-14-20(15-18-32)31-25-23(29)9-6-16-30-25/h6,9-13,16,20,22,24H,4-5,7-8,14-15,17-18,29H2,1-3H3,(H,30,31)/t22-,24+/m1/s1. The molecule has 0 aliphatic carbocycles. The number of amides is 1. The molecule has 0 bridgehead atoms. The Balaban J connectivity index is 1.37. The summed E-state index contributed by atoms with van der Waals surface area (Å²) in [6.45, 7) is 7.16. The molecule has 4 rings (SSSR count). The number of hydrogen-bond donors (Lipinski definition) is 2. The summed E-state index contributed by atoms with van der Waals surface area (Å²) in [7, 11) is 0. The van der Waals surface area contributed by atoms with E-state index >= 15 is 0 Å². The molecule has 0 spiro atoms. The number of piperidine rings is 1. The lowest BCUT2D eigenvalue weighted by atomic mass is 9.91. The lowest BCUT2D eigenvalue weighted by Gasteiger charge is -2.35. The highest BCUT2D eigenvalue weighted by Gasteiger charge is 2.48. The minimum absolute atomic E-state index is 0.0536. The predicted molar refractivity (Wildman–Crippen MR) is 141 cm³/mol. The van der Waals surface area contributed by atoms with Crippen LogP contribution in [-0.4, -0.2) is 59.4 Å². The Labute approximate surface area is 218 Å². The van der Waals surface area contributed by atoms with Gasteiger partial charge in [-0.2, -0.15) is 0 Å². The van der Waals surface area contributed by atoms with Gasteiger partial charge >= 0.3 is 5.97 Å². The van der Waals surface area contributed by atoms with Gasteiger partial charge in [0.05, 0.1) is 18.2 Å². The number of ether oxygens (including phenoxy) is 3. The van der Waals surface area contributed by atoms with Crippen molar-refractivity contribution in [1.29, 1.82) is 0 Å². The van der Waals surface area contributed by atoms with Crippen LogP contribution in [0.15, 0.2) is 42.6 Å². The van der Waals surface area contributed by atoms with Crippen molar-refractivity contribution in [3.05, 3.63) is 48.2 Å². The summed E-state index contributed by atoms with van der Waals surface area (Å²) in [5.74, 6) is -0.632. The van der Waals surface area contributed by atoms with E-state index in [2.05, 4.69) is 10.3 Å². The number of rotatable bonds is 10. The first-order valence-corrected chi connectivity index (χ1v) is 13.1. The zero-order valence-corrected chi connectivity index (χ0v) is 21.9. The van der Waals surface area contributed by atoms with Gasteiger partial charge in [-0.3, -0.25) is 4.79 Å². The number of nitrogens with zero attached hydrogens (tertiary/aromatic N) is 2. The first-order valence-electron chi connectivity index (χ1n) is 13.1. The molecule has 3 heterocycles. The van der Waals surface area contributed by atoms with Gasteiger partial charge in [0.1, 0.15) is 11.6 Å². The summed E-state index contributed by atoms with van der Waals surface area (Å²) in [6.07, 6.45) is 4.41. The van der Waals surface area contributed by atoms with Gasteiger partial charge in [0.2, 0.25) is 11.7 Å². The molecule has 2 saturated heterocycles. The Morgan fingerprint density at radius 3 is 2.59 bits per heavy atom. The number of carbonyl (C=O) groups is 2. The highest BCUT2D eigenvalue weighted by atomic mass is 16.8. The topological polar surface area (TPSA) is 116 Å². The molecule has 0 radical (unpaired) electrons. The van der Waals surface area contributed by atoms with Crippen molar-refractivity contribution >= 4 is 23.4 Å². The second-order valence-corrected chi connectivity index (χ2v) is 10.1. The summed E-state index contributed by atoms with van der Waals surface area (Å²) < 4.78 is 16.8. The molecule has 1 aromatic carbocycles.